The molecule has 1 amide bonds. The quantitative estimate of drug-likeness (QED) is 0.532. The van der Waals surface area contributed by atoms with Crippen LogP contribution in [0.2, 0.25) is 0 Å². The lowest BCUT2D eigenvalue weighted by molar-refractivity contribution is -0.113. The Morgan fingerprint density at radius 3 is 2.62 bits per heavy atom. The third kappa shape index (κ3) is 4.02. The summed E-state index contributed by atoms with van der Waals surface area (Å²) in [4.78, 5) is 12.1. The van der Waals surface area contributed by atoms with Crippen molar-refractivity contribution in [2.75, 3.05) is 16.9 Å². The van der Waals surface area contributed by atoms with Crippen LogP contribution in [-0.2, 0) is 4.79 Å². The van der Waals surface area contributed by atoms with Gasteiger partial charge in [-0.1, -0.05) is 47.7 Å². The lowest BCUT2D eigenvalue weighted by atomic mass is 10.1. The van der Waals surface area contributed by atoms with Crippen LogP contribution in [-0.4, -0.2) is 26.5 Å². The molecule has 26 heavy (non-hydrogen) atoms. The van der Waals surface area contributed by atoms with Gasteiger partial charge in [-0.15, -0.1) is 10.2 Å². The number of carbonyl (C=O) groups excluding carboxylic acids is 1. The molecule has 1 heterocycles. The topological polar surface area (TPSA) is 85.8 Å². The molecule has 0 bridgehead atoms. The van der Waals surface area contributed by atoms with Crippen LogP contribution < -0.4 is 11.2 Å². The number of halogens is 1. The highest BCUT2D eigenvalue weighted by Gasteiger charge is 2.14. The third-order valence-electron chi connectivity index (χ3n) is 3.76. The number of benzene rings is 2. The summed E-state index contributed by atoms with van der Waals surface area (Å²) in [5, 5.41) is 11.2. The molecule has 2 aromatic carbocycles. The van der Waals surface area contributed by atoms with Gasteiger partial charge in [0, 0.05) is 11.3 Å². The maximum absolute atomic E-state index is 13.5. The van der Waals surface area contributed by atoms with E-state index in [1.807, 2.05) is 31.2 Å². The minimum atomic E-state index is -0.361. The van der Waals surface area contributed by atoms with Gasteiger partial charge in [0.05, 0.1) is 5.75 Å². The summed E-state index contributed by atoms with van der Waals surface area (Å²) in [5.41, 5.74) is 2.91. The van der Waals surface area contributed by atoms with Crippen molar-refractivity contribution in [2.24, 2.45) is 0 Å². The van der Waals surface area contributed by atoms with Crippen molar-refractivity contribution in [1.29, 1.82) is 0 Å². The van der Waals surface area contributed by atoms with Gasteiger partial charge in [0.25, 0.3) is 0 Å². The van der Waals surface area contributed by atoms with E-state index in [0.717, 1.165) is 22.9 Å². The molecule has 0 spiro atoms. The monoisotopic (exact) mass is 371 g/mol. The number of nitrogens with one attached hydrogen (secondary N) is 1. The average molecular weight is 371 g/mol. The predicted octanol–water partition coefficient (Wildman–Crippen LogP) is 3.15. The number of nitrogens with zero attached hydrogens (tertiary/aromatic N) is 3. The molecule has 1 aromatic heterocycles. The SMILES string of the molecule is Cc1ccc(-c2nnc(SCC(=O)Nc3ccc(C)c(F)c3)n2N)cc1. The second-order valence-electron chi connectivity index (χ2n) is 5.84. The molecule has 6 nitrogen and oxygen atoms in total. The molecular formula is C18H18FN5OS. The molecule has 3 N–H and O–H groups in total. The number of carbonyl (C=O) groups is 1. The predicted molar refractivity (Wildman–Crippen MR) is 101 cm³/mol. The number of nitrogens with two attached hydrogens (primary N) is 1. The second kappa shape index (κ2) is 7.57. The maximum Gasteiger partial charge on any atom is 0.234 e. The van der Waals surface area contributed by atoms with Crippen LogP contribution in [0.25, 0.3) is 11.4 Å². The Labute approximate surface area is 154 Å². The molecule has 3 aromatic rings. The molecule has 0 atom stereocenters. The molecule has 0 unspecified atom stereocenters. The van der Waals surface area contributed by atoms with Crippen molar-refractivity contribution in [3.05, 3.63) is 59.4 Å². The molecule has 0 aliphatic heterocycles. The van der Waals surface area contributed by atoms with Gasteiger partial charge >= 0.3 is 0 Å². The van der Waals surface area contributed by atoms with Gasteiger partial charge in [0.1, 0.15) is 5.82 Å². The highest BCUT2D eigenvalue weighted by Crippen LogP contribution is 2.22. The van der Waals surface area contributed by atoms with Gasteiger partial charge in [-0.05, 0) is 31.5 Å². The van der Waals surface area contributed by atoms with E-state index in [9.17, 15) is 9.18 Å². The Hall–Kier alpha value is -2.87. The van der Waals surface area contributed by atoms with Crippen LogP contribution in [0, 0.1) is 19.7 Å². The van der Waals surface area contributed by atoms with Crippen molar-refractivity contribution in [2.45, 2.75) is 19.0 Å². The first kappa shape index (κ1) is 17.9. The molecule has 0 radical (unpaired) electrons. The Balaban J connectivity index is 1.63. The zero-order chi connectivity index (χ0) is 18.7. The Bertz CT molecular complexity index is 939. The van der Waals surface area contributed by atoms with Crippen molar-refractivity contribution >= 4 is 23.4 Å². The van der Waals surface area contributed by atoms with Gasteiger partial charge in [0.2, 0.25) is 11.1 Å². The summed E-state index contributed by atoms with van der Waals surface area (Å²) in [6.07, 6.45) is 0. The van der Waals surface area contributed by atoms with Crippen LogP contribution >= 0.6 is 11.8 Å². The molecule has 3 rings (SSSR count). The first-order valence-corrected chi connectivity index (χ1v) is 8.89. The first-order chi connectivity index (χ1) is 12.4. The smallest absolute Gasteiger partial charge is 0.234 e. The summed E-state index contributed by atoms with van der Waals surface area (Å²) in [6.45, 7) is 3.66. The number of thioether (sulfide) groups is 1. The molecule has 0 fully saturated rings. The van der Waals surface area contributed by atoms with Crippen molar-refractivity contribution in [3.8, 4) is 11.4 Å². The molecule has 0 aliphatic rings. The van der Waals surface area contributed by atoms with E-state index in [2.05, 4.69) is 15.5 Å². The summed E-state index contributed by atoms with van der Waals surface area (Å²) in [7, 11) is 0. The fraction of sp³-hybridized carbons (Fsp3) is 0.167. The molecule has 0 saturated heterocycles. The van der Waals surface area contributed by atoms with E-state index in [1.54, 1.807) is 19.1 Å². The second-order valence-corrected chi connectivity index (χ2v) is 6.79. The molecule has 134 valence electrons. The average Bonchev–Trinajstić information content (AvgIpc) is 2.98. The van der Waals surface area contributed by atoms with E-state index in [0.29, 0.717) is 22.2 Å². The molecule has 0 saturated carbocycles. The van der Waals surface area contributed by atoms with Gasteiger partial charge < -0.3 is 11.2 Å². The van der Waals surface area contributed by atoms with E-state index in [-0.39, 0.29) is 17.5 Å². The summed E-state index contributed by atoms with van der Waals surface area (Å²) in [6, 6.07) is 12.3. The van der Waals surface area contributed by atoms with Crippen LogP contribution in [0.15, 0.2) is 47.6 Å². The third-order valence-corrected chi connectivity index (χ3v) is 4.71. The van der Waals surface area contributed by atoms with Gasteiger partial charge in [0.15, 0.2) is 5.82 Å². The van der Waals surface area contributed by atoms with Crippen LogP contribution in [0.1, 0.15) is 11.1 Å². The molecule has 0 aliphatic carbocycles. The fourth-order valence-electron chi connectivity index (χ4n) is 2.27. The minimum absolute atomic E-state index is 0.0821. The Kier molecular flexibility index (Phi) is 5.22. The standard InChI is InChI=1S/C18H18FN5OS/c1-11-3-6-13(7-4-11)17-22-23-18(24(17)20)26-10-16(25)21-14-8-5-12(2)15(19)9-14/h3-9H,10,20H2,1-2H3,(H,21,25). The van der Waals surface area contributed by atoms with Gasteiger partial charge in [-0.25, -0.2) is 9.07 Å². The number of aryl methyl sites for hydroxylation is 2. The van der Waals surface area contributed by atoms with Crippen molar-refractivity contribution in [1.82, 2.24) is 14.9 Å². The van der Waals surface area contributed by atoms with E-state index < -0.39 is 0 Å². The van der Waals surface area contributed by atoms with Crippen LogP contribution in [0.3, 0.4) is 0 Å². The normalized spacial score (nSPS) is 10.7. The fourth-order valence-corrected chi connectivity index (χ4v) is 2.93. The van der Waals surface area contributed by atoms with Gasteiger partial charge in [-0.3, -0.25) is 4.79 Å². The number of nitrogen functional groups attached to an aromatic ring is 1. The summed E-state index contributed by atoms with van der Waals surface area (Å²) >= 11 is 1.16. The molecule has 8 heteroatoms. The molecular weight excluding hydrogens is 353 g/mol. The number of rotatable bonds is 5. The first-order valence-electron chi connectivity index (χ1n) is 7.90. The van der Waals surface area contributed by atoms with Gasteiger partial charge in [-0.2, -0.15) is 0 Å². The number of aromatic nitrogens is 3. The zero-order valence-corrected chi connectivity index (χ0v) is 15.2. The number of hydrogen-bond donors (Lipinski definition) is 2. The Morgan fingerprint density at radius 1 is 1.19 bits per heavy atom. The van der Waals surface area contributed by atoms with Crippen molar-refractivity contribution < 1.29 is 9.18 Å². The largest absolute Gasteiger partial charge is 0.335 e. The lowest BCUT2D eigenvalue weighted by Crippen LogP contribution is -2.16. The van der Waals surface area contributed by atoms with E-state index >= 15 is 0 Å². The number of anilines is 1. The highest BCUT2D eigenvalue weighted by molar-refractivity contribution is 7.99. The highest BCUT2D eigenvalue weighted by atomic mass is 32.2. The Morgan fingerprint density at radius 2 is 1.92 bits per heavy atom. The number of hydrogen-bond acceptors (Lipinski definition) is 5. The van der Waals surface area contributed by atoms with Crippen molar-refractivity contribution in [3.63, 3.8) is 0 Å². The van der Waals surface area contributed by atoms with E-state index in [1.165, 1.54) is 10.7 Å². The zero-order valence-electron chi connectivity index (χ0n) is 14.4. The lowest BCUT2D eigenvalue weighted by Gasteiger charge is -2.06. The maximum atomic E-state index is 13.5. The number of amides is 1. The summed E-state index contributed by atoms with van der Waals surface area (Å²) in [5.74, 6) is 6.00. The summed E-state index contributed by atoms with van der Waals surface area (Å²) < 4.78 is 14.9. The van der Waals surface area contributed by atoms with E-state index in [4.69, 9.17) is 5.84 Å². The van der Waals surface area contributed by atoms with Crippen LogP contribution in [0.4, 0.5) is 10.1 Å². The minimum Gasteiger partial charge on any atom is -0.335 e. The van der Waals surface area contributed by atoms with Crippen LogP contribution in [0.5, 0.6) is 0 Å².